The lowest BCUT2D eigenvalue weighted by atomic mass is 9.92. The molecule has 2 fully saturated rings. The summed E-state index contributed by atoms with van der Waals surface area (Å²) >= 11 is 0. The Morgan fingerprint density at radius 2 is 1.49 bits per heavy atom. The molecule has 2 aliphatic rings. The third-order valence-electron chi connectivity index (χ3n) is 8.50. The Balaban J connectivity index is 0.980. The van der Waals surface area contributed by atoms with Gasteiger partial charge in [0, 0.05) is 49.4 Å². The highest BCUT2D eigenvalue weighted by Crippen LogP contribution is 2.38. The number of nitrogens with zero attached hydrogens (tertiary/aromatic N) is 5. The van der Waals surface area contributed by atoms with Crippen LogP contribution in [0.4, 0.5) is 49.4 Å². The predicted octanol–water partition coefficient (Wildman–Crippen LogP) is 7.70. The van der Waals surface area contributed by atoms with Crippen LogP contribution in [0.15, 0.2) is 66.9 Å². The second kappa shape index (κ2) is 12.8. The standard InChI is InChI=1S/C32H30F6N6O3/c33-31(34,35)21-2-9-27-20(17-21)1-11-30(41-27)43-15-13-42(14-16-43)29-12-8-25(19-39-29)47-24-6-3-22(4-7-24)40-23-5-10-28(44(45)46)26(18-23)32(36,37)38/h1-2,5,8-12,17-19,22,24,40H,3-4,6-7,13-16H2/t22-,24-. The van der Waals surface area contributed by atoms with Crippen LogP contribution in [0.5, 0.6) is 5.75 Å². The molecule has 15 heteroatoms. The number of hydrogen-bond donors (Lipinski definition) is 1. The molecule has 47 heavy (non-hydrogen) atoms. The molecule has 1 saturated carbocycles. The smallest absolute Gasteiger partial charge is 0.423 e. The molecule has 1 aliphatic heterocycles. The van der Waals surface area contributed by atoms with E-state index >= 15 is 0 Å². The molecule has 1 saturated heterocycles. The zero-order valence-corrected chi connectivity index (χ0v) is 24.9. The summed E-state index contributed by atoms with van der Waals surface area (Å²) in [4.78, 5) is 23.4. The van der Waals surface area contributed by atoms with Gasteiger partial charge in [0.2, 0.25) is 0 Å². The third kappa shape index (κ3) is 7.44. The van der Waals surface area contributed by atoms with E-state index in [0.717, 1.165) is 30.1 Å². The van der Waals surface area contributed by atoms with Gasteiger partial charge >= 0.3 is 12.4 Å². The summed E-state index contributed by atoms with van der Waals surface area (Å²) in [6, 6.07) is 13.5. The molecular weight excluding hydrogens is 630 g/mol. The van der Waals surface area contributed by atoms with Gasteiger partial charge in [-0.2, -0.15) is 26.3 Å². The molecule has 0 atom stereocenters. The number of aromatic nitrogens is 2. The summed E-state index contributed by atoms with van der Waals surface area (Å²) in [5.74, 6) is 2.11. The molecule has 0 amide bonds. The zero-order valence-electron chi connectivity index (χ0n) is 24.9. The van der Waals surface area contributed by atoms with E-state index in [1.807, 2.05) is 12.1 Å². The van der Waals surface area contributed by atoms with Crippen LogP contribution in [0.2, 0.25) is 0 Å². The first-order chi connectivity index (χ1) is 22.3. The Kier molecular flexibility index (Phi) is 8.72. The van der Waals surface area contributed by atoms with Gasteiger partial charge in [0.05, 0.1) is 28.3 Å². The molecule has 0 unspecified atom stereocenters. The summed E-state index contributed by atoms with van der Waals surface area (Å²) in [6.07, 6.45) is -5.00. The molecule has 2 aromatic carbocycles. The fourth-order valence-electron chi connectivity index (χ4n) is 6.03. The number of nitro groups is 1. The van der Waals surface area contributed by atoms with Crippen LogP contribution in [0.3, 0.4) is 0 Å². The number of nitro benzene ring substituents is 1. The number of anilines is 3. The lowest BCUT2D eigenvalue weighted by molar-refractivity contribution is -0.388. The van der Waals surface area contributed by atoms with Crippen LogP contribution in [0.25, 0.3) is 10.9 Å². The van der Waals surface area contributed by atoms with Crippen molar-refractivity contribution in [3.05, 3.63) is 88.1 Å². The lowest BCUT2D eigenvalue weighted by Crippen LogP contribution is -2.47. The van der Waals surface area contributed by atoms with Crippen molar-refractivity contribution < 1.29 is 36.0 Å². The summed E-state index contributed by atoms with van der Waals surface area (Å²) in [6.45, 7) is 2.67. The van der Waals surface area contributed by atoms with Gasteiger partial charge in [0.1, 0.15) is 22.9 Å². The number of nitrogens with one attached hydrogen (secondary N) is 1. The summed E-state index contributed by atoms with van der Waals surface area (Å²) in [5, 5.41) is 14.5. The lowest BCUT2D eigenvalue weighted by Gasteiger charge is -2.36. The van der Waals surface area contributed by atoms with Gasteiger partial charge in [-0.3, -0.25) is 10.1 Å². The third-order valence-corrected chi connectivity index (χ3v) is 8.50. The van der Waals surface area contributed by atoms with Crippen molar-refractivity contribution in [1.29, 1.82) is 0 Å². The van der Waals surface area contributed by atoms with E-state index in [-0.39, 0.29) is 17.8 Å². The maximum atomic E-state index is 13.3. The van der Waals surface area contributed by atoms with Gasteiger partial charge in [-0.1, -0.05) is 0 Å². The van der Waals surface area contributed by atoms with Gasteiger partial charge in [0.15, 0.2) is 0 Å². The van der Waals surface area contributed by atoms with Crippen LogP contribution < -0.4 is 19.9 Å². The molecule has 1 aliphatic carbocycles. The van der Waals surface area contributed by atoms with Gasteiger partial charge in [-0.05, 0) is 80.3 Å². The van der Waals surface area contributed by atoms with Crippen molar-refractivity contribution in [2.24, 2.45) is 0 Å². The number of ether oxygens (including phenoxy) is 1. The van der Waals surface area contributed by atoms with Crippen molar-refractivity contribution >= 4 is 33.9 Å². The van der Waals surface area contributed by atoms with E-state index in [1.165, 1.54) is 12.1 Å². The molecule has 248 valence electrons. The SMILES string of the molecule is O=[N+]([O-])c1ccc(N[C@H]2CC[C@H](Oc3ccc(N4CCN(c5ccc6cc(C(F)(F)F)ccc6n5)CC4)nc3)CC2)cc1C(F)(F)F. The first-order valence-electron chi connectivity index (χ1n) is 15.1. The Bertz CT molecular complexity index is 1730. The van der Waals surface area contributed by atoms with Gasteiger partial charge in [0.25, 0.3) is 5.69 Å². The van der Waals surface area contributed by atoms with E-state index in [2.05, 4.69) is 25.1 Å². The molecule has 6 rings (SSSR count). The van der Waals surface area contributed by atoms with Crippen LogP contribution >= 0.6 is 0 Å². The van der Waals surface area contributed by atoms with Crippen molar-refractivity contribution in [3.8, 4) is 5.75 Å². The monoisotopic (exact) mass is 660 g/mol. The molecular formula is C32H30F6N6O3. The largest absolute Gasteiger partial charge is 0.489 e. The minimum absolute atomic E-state index is 0.0821. The van der Waals surface area contributed by atoms with E-state index in [4.69, 9.17) is 4.74 Å². The van der Waals surface area contributed by atoms with Crippen LogP contribution in [-0.2, 0) is 12.4 Å². The predicted molar refractivity (Wildman–Crippen MR) is 164 cm³/mol. The van der Waals surface area contributed by atoms with Crippen LogP contribution in [0, 0.1) is 10.1 Å². The molecule has 0 radical (unpaired) electrons. The van der Waals surface area contributed by atoms with E-state index in [0.29, 0.717) is 74.3 Å². The molecule has 0 spiro atoms. The van der Waals surface area contributed by atoms with Crippen molar-refractivity contribution in [2.45, 2.75) is 50.2 Å². The maximum Gasteiger partial charge on any atom is 0.423 e. The first-order valence-corrected chi connectivity index (χ1v) is 15.1. The number of benzene rings is 2. The average molecular weight is 661 g/mol. The first kappa shape index (κ1) is 32.1. The molecule has 4 aromatic rings. The number of pyridine rings is 2. The average Bonchev–Trinajstić information content (AvgIpc) is 3.05. The van der Waals surface area contributed by atoms with Crippen molar-refractivity contribution in [1.82, 2.24) is 9.97 Å². The van der Waals surface area contributed by atoms with Crippen LogP contribution in [-0.4, -0.2) is 53.2 Å². The Hall–Kier alpha value is -4.82. The quantitative estimate of drug-likeness (QED) is 0.122. The maximum absolute atomic E-state index is 13.3. The number of hydrogen-bond acceptors (Lipinski definition) is 8. The number of halogens is 6. The van der Waals surface area contributed by atoms with E-state index in [9.17, 15) is 36.5 Å². The molecule has 1 N–H and O–H groups in total. The topological polar surface area (TPSA) is 96.7 Å². The van der Waals surface area contributed by atoms with Crippen molar-refractivity contribution in [3.63, 3.8) is 0 Å². The van der Waals surface area contributed by atoms with E-state index in [1.54, 1.807) is 18.3 Å². The van der Waals surface area contributed by atoms with Gasteiger partial charge in [-0.25, -0.2) is 9.97 Å². The minimum Gasteiger partial charge on any atom is -0.489 e. The van der Waals surface area contributed by atoms with Crippen LogP contribution in [0.1, 0.15) is 36.8 Å². The fourth-order valence-corrected chi connectivity index (χ4v) is 6.03. The minimum atomic E-state index is -4.84. The zero-order chi connectivity index (χ0) is 33.3. The molecule has 2 aromatic heterocycles. The second-order valence-corrected chi connectivity index (χ2v) is 11.6. The highest BCUT2D eigenvalue weighted by atomic mass is 19.4. The molecule has 0 bridgehead atoms. The number of fused-ring (bicyclic) bond motifs is 1. The number of alkyl halides is 6. The number of rotatable bonds is 7. The normalized spacial score (nSPS) is 19.1. The van der Waals surface area contributed by atoms with E-state index < -0.39 is 34.1 Å². The second-order valence-electron chi connectivity index (χ2n) is 11.6. The van der Waals surface area contributed by atoms with Crippen molar-refractivity contribution in [2.75, 3.05) is 41.3 Å². The molecule has 9 nitrogen and oxygen atoms in total. The number of piperazine rings is 1. The Labute approximate surface area is 265 Å². The highest BCUT2D eigenvalue weighted by molar-refractivity contribution is 5.81. The molecule has 3 heterocycles. The Morgan fingerprint density at radius 1 is 0.809 bits per heavy atom. The fraction of sp³-hybridized carbons (Fsp3) is 0.375. The summed E-state index contributed by atoms with van der Waals surface area (Å²) in [7, 11) is 0. The van der Waals surface area contributed by atoms with Gasteiger partial charge < -0.3 is 19.9 Å². The highest BCUT2D eigenvalue weighted by Gasteiger charge is 2.38. The Morgan fingerprint density at radius 3 is 2.11 bits per heavy atom. The summed E-state index contributed by atoms with van der Waals surface area (Å²) < 4.78 is 85.2. The summed E-state index contributed by atoms with van der Waals surface area (Å²) in [5.41, 5.74) is -2.27. The van der Waals surface area contributed by atoms with Gasteiger partial charge in [-0.15, -0.1) is 0 Å².